The summed E-state index contributed by atoms with van der Waals surface area (Å²) in [5, 5.41) is 4.30. The van der Waals surface area contributed by atoms with Gasteiger partial charge >= 0.3 is 5.91 Å². The average Bonchev–Trinajstić information content (AvgIpc) is 3.58. The van der Waals surface area contributed by atoms with Crippen LogP contribution in [0.1, 0.15) is 38.8 Å². The zero-order valence-corrected chi connectivity index (χ0v) is 23.2. The number of nitrogens with zero attached hydrogens (tertiary/aromatic N) is 2. The monoisotopic (exact) mass is 571 g/mol. The molecular weight excluding hydrogens is 545 g/mol. The largest absolute Gasteiger partial charge is 0.487 e. The number of aryl methyl sites for hydroxylation is 2. The van der Waals surface area contributed by atoms with Gasteiger partial charge in [-0.1, -0.05) is 29.8 Å². The quantitative estimate of drug-likeness (QED) is 0.140. The second-order valence-electron chi connectivity index (χ2n) is 9.27. The lowest BCUT2D eigenvalue weighted by atomic mass is 10.2. The Morgan fingerprint density at radius 1 is 0.951 bits per heavy atom. The van der Waals surface area contributed by atoms with Gasteiger partial charge in [-0.2, -0.15) is 5.10 Å². The number of furan rings is 1. The van der Waals surface area contributed by atoms with E-state index >= 15 is 0 Å². The number of carbonyl (C=O) groups excluding carboxylic acids is 1. The van der Waals surface area contributed by atoms with Crippen molar-refractivity contribution >= 4 is 23.7 Å². The molecule has 0 fully saturated rings. The topological polar surface area (TPSA) is 78.0 Å². The van der Waals surface area contributed by atoms with Crippen molar-refractivity contribution < 1.29 is 23.1 Å². The maximum absolute atomic E-state index is 13.8. The number of rotatable bonds is 10. The summed E-state index contributed by atoms with van der Waals surface area (Å²) in [6.07, 6.45) is 1.44. The Hall–Kier alpha value is -4.82. The molecule has 0 saturated carbocycles. The molecule has 1 N–H and O–H groups in total. The van der Waals surface area contributed by atoms with E-state index in [-0.39, 0.29) is 24.8 Å². The van der Waals surface area contributed by atoms with Crippen LogP contribution in [-0.4, -0.2) is 16.7 Å². The summed E-state index contributed by atoms with van der Waals surface area (Å²) in [4.78, 5) is 12.5. The Kier molecular flexibility index (Phi) is 8.50. The van der Waals surface area contributed by atoms with Crippen LogP contribution in [0, 0.1) is 19.7 Å². The predicted octanol–water partition coefficient (Wildman–Crippen LogP) is 7.40. The number of carbonyl (C=O) groups is 1. The Morgan fingerprint density at radius 3 is 2.44 bits per heavy atom. The van der Waals surface area contributed by atoms with Crippen molar-refractivity contribution in [1.29, 1.82) is 0 Å². The zero-order valence-electron chi connectivity index (χ0n) is 22.4. The Labute approximate surface area is 241 Å². The van der Waals surface area contributed by atoms with Crippen molar-refractivity contribution in [2.45, 2.75) is 27.1 Å². The molecule has 0 unspecified atom stereocenters. The number of hydrogen-bond acceptors (Lipinski definition) is 5. The molecule has 5 aromatic rings. The van der Waals surface area contributed by atoms with Gasteiger partial charge in [-0.15, -0.1) is 0 Å². The molecule has 0 bridgehead atoms. The maximum atomic E-state index is 13.8. The van der Waals surface area contributed by atoms with Crippen LogP contribution in [0.2, 0.25) is 5.02 Å². The van der Waals surface area contributed by atoms with Gasteiger partial charge < -0.3 is 18.5 Å². The van der Waals surface area contributed by atoms with Crippen LogP contribution in [0.25, 0.3) is 5.69 Å². The van der Waals surface area contributed by atoms with E-state index in [0.717, 1.165) is 17.1 Å². The van der Waals surface area contributed by atoms with Crippen molar-refractivity contribution in [3.63, 3.8) is 0 Å². The van der Waals surface area contributed by atoms with Crippen molar-refractivity contribution in [2.75, 3.05) is 0 Å². The number of amides is 1. The number of hydrogen-bond donors (Lipinski definition) is 1. The Morgan fingerprint density at radius 2 is 1.71 bits per heavy atom. The number of nitrogens with one attached hydrogen (secondary N) is 1. The molecule has 0 spiro atoms. The maximum Gasteiger partial charge on any atom is 0.307 e. The van der Waals surface area contributed by atoms with Gasteiger partial charge in [0.1, 0.15) is 36.3 Å². The number of benzene rings is 3. The summed E-state index contributed by atoms with van der Waals surface area (Å²) in [7, 11) is 0. The molecule has 2 aromatic heterocycles. The van der Waals surface area contributed by atoms with Crippen LogP contribution in [0.5, 0.6) is 11.5 Å². The minimum Gasteiger partial charge on any atom is -0.487 e. The van der Waals surface area contributed by atoms with Crippen LogP contribution < -0.4 is 14.9 Å². The fourth-order valence-electron chi connectivity index (χ4n) is 4.21. The van der Waals surface area contributed by atoms with Crippen molar-refractivity contribution in [3.8, 4) is 17.2 Å². The summed E-state index contributed by atoms with van der Waals surface area (Å²) in [5.41, 5.74) is 6.86. The number of ether oxygens (including phenoxy) is 2. The normalized spacial score (nSPS) is 11.1. The highest BCUT2D eigenvalue weighted by Crippen LogP contribution is 2.26. The fraction of sp³-hybridized carbons (Fsp3) is 0.125. The molecule has 0 saturated heterocycles. The summed E-state index contributed by atoms with van der Waals surface area (Å²) in [5.74, 6) is 0.838. The van der Waals surface area contributed by atoms with Crippen LogP contribution in [0.3, 0.4) is 0 Å². The summed E-state index contributed by atoms with van der Waals surface area (Å²) >= 11 is 6.30. The lowest BCUT2D eigenvalue weighted by Gasteiger charge is -2.10. The third-order valence-electron chi connectivity index (χ3n) is 6.31. The molecule has 0 aliphatic rings. The first-order chi connectivity index (χ1) is 19.9. The van der Waals surface area contributed by atoms with Crippen LogP contribution in [-0.2, 0) is 13.2 Å². The molecule has 5 rings (SSSR count). The highest BCUT2D eigenvalue weighted by Gasteiger charge is 2.12. The lowest BCUT2D eigenvalue weighted by molar-refractivity contribution is 0.0923. The van der Waals surface area contributed by atoms with Gasteiger partial charge in [0.2, 0.25) is 0 Å². The van der Waals surface area contributed by atoms with E-state index in [1.807, 2.05) is 24.3 Å². The molecule has 2 heterocycles. The molecule has 208 valence electrons. The van der Waals surface area contributed by atoms with Crippen LogP contribution in [0.4, 0.5) is 4.39 Å². The first-order valence-corrected chi connectivity index (χ1v) is 13.2. The highest BCUT2D eigenvalue weighted by atomic mass is 35.5. The Bertz CT molecular complexity index is 1670. The summed E-state index contributed by atoms with van der Waals surface area (Å²) < 4.78 is 33.0. The first-order valence-electron chi connectivity index (χ1n) is 12.8. The van der Waals surface area contributed by atoms with E-state index in [2.05, 4.69) is 41.1 Å². The van der Waals surface area contributed by atoms with Gasteiger partial charge in [0.25, 0.3) is 0 Å². The molecule has 0 aliphatic heterocycles. The van der Waals surface area contributed by atoms with Crippen molar-refractivity contribution in [2.24, 2.45) is 5.10 Å². The molecule has 9 heteroatoms. The smallest absolute Gasteiger partial charge is 0.307 e. The van der Waals surface area contributed by atoms with Gasteiger partial charge in [0.15, 0.2) is 5.76 Å². The average molecular weight is 572 g/mol. The van der Waals surface area contributed by atoms with E-state index in [4.69, 9.17) is 25.5 Å². The third kappa shape index (κ3) is 6.85. The number of halogens is 2. The molecule has 3 aromatic carbocycles. The Balaban J connectivity index is 1.11. The fourth-order valence-corrected chi connectivity index (χ4v) is 4.45. The second-order valence-corrected chi connectivity index (χ2v) is 9.68. The molecule has 0 radical (unpaired) electrons. The van der Waals surface area contributed by atoms with Gasteiger partial charge in [-0.25, -0.2) is 9.82 Å². The SMILES string of the molecule is Cc1ccc(C)n1-c1ccc(OCc2ccc(C(=O)N/N=C/c3ccc(OCc4ccccc4F)c(Cl)c3)o2)cc1. The number of hydrazone groups is 1. The highest BCUT2D eigenvalue weighted by molar-refractivity contribution is 6.32. The van der Waals surface area contributed by atoms with Crippen molar-refractivity contribution in [1.82, 2.24) is 9.99 Å². The van der Waals surface area contributed by atoms with Gasteiger partial charge in [0, 0.05) is 22.6 Å². The second kappa shape index (κ2) is 12.6. The van der Waals surface area contributed by atoms with Crippen molar-refractivity contribution in [3.05, 3.63) is 136 Å². The molecule has 0 aliphatic carbocycles. The third-order valence-corrected chi connectivity index (χ3v) is 6.60. The molecule has 0 atom stereocenters. The van der Waals surface area contributed by atoms with Crippen LogP contribution in [0.15, 0.2) is 101 Å². The van der Waals surface area contributed by atoms with E-state index in [9.17, 15) is 9.18 Å². The minimum atomic E-state index is -0.509. The summed E-state index contributed by atoms with van der Waals surface area (Å²) in [6.45, 7) is 4.34. The molecule has 1 amide bonds. The standard InChI is InChI=1S/C32H27ClFN3O4/c1-21-7-8-22(2)37(21)25-10-12-26(13-11-25)39-20-27-14-16-31(41-27)32(38)36-35-18-23-9-15-30(28(33)17-23)40-19-24-5-3-4-6-29(24)34/h3-18H,19-20H2,1-2H3,(H,36,38)/b35-18+. The van der Waals surface area contributed by atoms with Gasteiger partial charge in [0.05, 0.1) is 11.2 Å². The van der Waals surface area contributed by atoms with E-state index in [0.29, 0.717) is 33.4 Å². The lowest BCUT2D eigenvalue weighted by Crippen LogP contribution is -2.16. The molecule has 41 heavy (non-hydrogen) atoms. The minimum absolute atomic E-state index is 0.0478. The van der Waals surface area contributed by atoms with E-state index in [1.54, 1.807) is 48.5 Å². The predicted molar refractivity (Wildman–Crippen MR) is 156 cm³/mol. The summed E-state index contributed by atoms with van der Waals surface area (Å²) in [6, 6.07) is 26.6. The molecule has 7 nitrogen and oxygen atoms in total. The van der Waals surface area contributed by atoms with Gasteiger partial charge in [-0.05, 0) is 92.2 Å². The van der Waals surface area contributed by atoms with Crippen LogP contribution >= 0.6 is 11.6 Å². The number of aromatic nitrogens is 1. The zero-order chi connectivity index (χ0) is 28.8. The first kappa shape index (κ1) is 27.7. The van der Waals surface area contributed by atoms with E-state index in [1.165, 1.54) is 12.3 Å². The molecular formula is C32H27ClFN3O4. The van der Waals surface area contributed by atoms with Gasteiger partial charge in [-0.3, -0.25) is 4.79 Å². The van der Waals surface area contributed by atoms with E-state index < -0.39 is 5.91 Å².